The van der Waals surface area contributed by atoms with E-state index in [1.165, 1.54) is 42.1 Å². The summed E-state index contributed by atoms with van der Waals surface area (Å²) in [6.07, 6.45) is 2.58. The molecule has 0 unspecified atom stereocenters. The van der Waals surface area contributed by atoms with Crippen LogP contribution >= 0.6 is 11.8 Å². The van der Waals surface area contributed by atoms with Gasteiger partial charge >= 0.3 is 0 Å². The number of nitriles is 1. The van der Waals surface area contributed by atoms with Crippen molar-refractivity contribution >= 4 is 33.4 Å². The van der Waals surface area contributed by atoms with Crippen LogP contribution in [-0.2, 0) is 14.8 Å². The molecule has 0 aromatic heterocycles. The second-order valence-electron chi connectivity index (χ2n) is 9.48. The summed E-state index contributed by atoms with van der Waals surface area (Å²) in [5.74, 6) is -0.842. The van der Waals surface area contributed by atoms with E-state index in [-0.39, 0.29) is 35.2 Å². The lowest BCUT2D eigenvalue weighted by atomic mass is 9.86. The fraction of sp³-hybridized carbons (Fsp3) is 0.462. The molecule has 0 aliphatic heterocycles. The van der Waals surface area contributed by atoms with E-state index in [1.807, 2.05) is 29.8 Å². The largest absolute Gasteiger partial charge is 0.380 e. The zero-order chi connectivity index (χ0) is 27.1. The first-order valence-electron chi connectivity index (χ1n) is 12.1. The van der Waals surface area contributed by atoms with E-state index < -0.39 is 21.6 Å². The lowest BCUT2D eigenvalue weighted by Crippen LogP contribution is -2.46. The molecule has 0 saturated heterocycles. The van der Waals surface area contributed by atoms with Gasteiger partial charge in [-0.2, -0.15) is 5.26 Å². The summed E-state index contributed by atoms with van der Waals surface area (Å²) in [5.41, 5.74) is -1.66. The van der Waals surface area contributed by atoms with Gasteiger partial charge in [-0.15, -0.1) is 11.8 Å². The summed E-state index contributed by atoms with van der Waals surface area (Å²) in [5, 5.41) is 13.0. The Balaban J connectivity index is 1.75. The molecule has 1 aliphatic rings. The van der Waals surface area contributed by atoms with E-state index in [0.717, 1.165) is 24.3 Å². The number of carbonyl (C=O) groups excluding carboxylic acids is 1. The van der Waals surface area contributed by atoms with Crippen molar-refractivity contribution in [1.82, 2.24) is 9.62 Å². The summed E-state index contributed by atoms with van der Waals surface area (Å²) in [4.78, 5) is 15.1. The Morgan fingerprint density at radius 1 is 1.16 bits per heavy atom. The van der Waals surface area contributed by atoms with E-state index in [1.54, 1.807) is 12.1 Å². The maximum atomic E-state index is 14.9. The number of nitrogens with zero attached hydrogens (tertiary/aromatic N) is 2. The molecule has 37 heavy (non-hydrogen) atoms. The Bertz CT molecular complexity index is 1230. The quantitative estimate of drug-likeness (QED) is 0.391. The molecule has 0 bridgehead atoms. The van der Waals surface area contributed by atoms with Crippen LogP contribution in [0.4, 0.5) is 14.5 Å². The summed E-state index contributed by atoms with van der Waals surface area (Å²) in [6.45, 7) is 0.771. The van der Waals surface area contributed by atoms with Crippen molar-refractivity contribution < 1.29 is 22.0 Å². The van der Waals surface area contributed by atoms with E-state index in [4.69, 9.17) is 0 Å². The number of thioether (sulfide) groups is 1. The monoisotopic (exact) mass is 550 g/mol. The zero-order valence-electron chi connectivity index (χ0n) is 21.0. The molecule has 0 spiro atoms. The van der Waals surface area contributed by atoms with Gasteiger partial charge in [0.15, 0.2) is 5.67 Å². The first kappa shape index (κ1) is 28.9. The Morgan fingerprint density at radius 3 is 2.46 bits per heavy atom. The van der Waals surface area contributed by atoms with Crippen LogP contribution in [0.3, 0.4) is 0 Å². The van der Waals surface area contributed by atoms with Crippen molar-refractivity contribution in [3.63, 3.8) is 0 Å². The van der Waals surface area contributed by atoms with E-state index in [2.05, 4.69) is 5.32 Å². The van der Waals surface area contributed by atoms with Crippen LogP contribution in [0, 0.1) is 17.1 Å². The lowest BCUT2D eigenvalue weighted by Gasteiger charge is -2.27. The van der Waals surface area contributed by atoms with Crippen LogP contribution in [0.5, 0.6) is 0 Å². The molecule has 2 aromatic rings. The van der Waals surface area contributed by atoms with E-state index in [9.17, 15) is 27.3 Å². The van der Waals surface area contributed by atoms with Gasteiger partial charge in [0.2, 0.25) is 0 Å². The van der Waals surface area contributed by atoms with Gasteiger partial charge in [0.05, 0.1) is 16.1 Å². The lowest BCUT2D eigenvalue weighted by molar-refractivity contribution is -0.133. The van der Waals surface area contributed by atoms with Crippen LogP contribution < -0.4 is 10.0 Å². The third-order valence-corrected chi connectivity index (χ3v) is 8.75. The van der Waals surface area contributed by atoms with E-state index >= 15 is 0 Å². The molecule has 1 aliphatic carbocycles. The van der Waals surface area contributed by atoms with Crippen LogP contribution in [0.1, 0.15) is 44.1 Å². The molecule has 2 aromatic carbocycles. The Morgan fingerprint density at radius 2 is 1.84 bits per heavy atom. The minimum Gasteiger partial charge on any atom is -0.380 e. The zero-order valence-corrected chi connectivity index (χ0v) is 22.6. The van der Waals surface area contributed by atoms with Crippen LogP contribution in [0.2, 0.25) is 0 Å². The Kier molecular flexibility index (Phi) is 9.93. The molecule has 1 amide bonds. The Labute approximate surface area is 221 Å². The average Bonchev–Trinajstić information content (AvgIpc) is 2.86. The third-order valence-electron chi connectivity index (χ3n) is 6.25. The van der Waals surface area contributed by atoms with Crippen LogP contribution in [-0.4, -0.2) is 57.3 Å². The SMILES string of the molecule is CN(C)CC[C@H](CSc1ccc(F)cc1)Nc1ccc(S(=O)(=O)NC(=O)C2(F)CCCCC2)cc1C#N. The third kappa shape index (κ3) is 8.15. The van der Waals surface area contributed by atoms with Crippen molar-refractivity contribution in [3.05, 3.63) is 53.8 Å². The van der Waals surface area contributed by atoms with Crippen LogP contribution in [0.25, 0.3) is 0 Å². The molecular formula is C26H32F2N4O3S2. The summed E-state index contributed by atoms with van der Waals surface area (Å²) < 4.78 is 55.7. The van der Waals surface area contributed by atoms with Gasteiger partial charge in [-0.1, -0.05) is 6.42 Å². The molecule has 11 heteroatoms. The standard InChI is InChI=1S/C26H32F2N4O3S2/c1-32(2)15-12-21(18-36-22-8-6-20(27)7-9-22)30-24-11-10-23(16-19(24)17-29)37(34,35)31-25(33)26(28)13-4-3-5-14-26/h6-11,16,21,30H,3-5,12-15,18H2,1-2H3,(H,31,33)/t21-/m1/s1. The number of carbonyl (C=O) groups is 1. The van der Waals surface area contributed by atoms with Gasteiger partial charge in [-0.25, -0.2) is 21.9 Å². The van der Waals surface area contributed by atoms with E-state index in [0.29, 0.717) is 24.3 Å². The highest BCUT2D eigenvalue weighted by Crippen LogP contribution is 2.32. The number of hydrogen-bond acceptors (Lipinski definition) is 7. The minimum atomic E-state index is -4.36. The summed E-state index contributed by atoms with van der Waals surface area (Å²) in [7, 11) is -0.452. The normalized spacial score (nSPS) is 16.1. The maximum Gasteiger partial charge on any atom is 0.271 e. The predicted molar refractivity (Wildman–Crippen MR) is 141 cm³/mol. The van der Waals surface area contributed by atoms with Crippen LogP contribution in [0.15, 0.2) is 52.3 Å². The van der Waals surface area contributed by atoms with Crippen molar-refractivity contribution in [2.75, 3.05) is 31.7 Å². The molecule has 0 radical (unpaired) electrons. The highest BCUT2D eigenvalue weighted by Gasteiger charge is 2.41. The number of alkyl halides is 1. The Hall–Kier alpha value is -2.68. The van der Waals surface area contributed by atoms with Gasteiger partial charge in [-0.3, -0.25) is 4.79 Å². The molecule has 1 saturated carbocycles. The first-order chi connectivity index (χ1) is 17.5. The number of nitrogens with one attached hydrogen (secondary N) is 2. The smallest absolute Gasteiger partial charge is 0.271 e. The first-order valence-corrected chi connectivity index (χ1v) is 14.6. The predicted octanol–water partition coefficient (Wildman–Crippen LogP) is 4.70. The fourth-order valence-electron chi connectivity index (χ4n) is 4.08. The highest BCUT2D eigenvalue weighted by atomic mass is 32.2. The number of sulfonamides is 1. The number of amides is 1. The van der Waals surface area contributed by atoms with Gasteiger partial charge in [0.25, 0.3) is 15.9 Å². The number of anilines is 1. The van der Waals surface area contributed by atoms with Gasteiger partial charge in [0.1, 0.15) is 11.9 Å². The second-order valence-corrected chi connectivity index (χ2v) is 12.3. The topological polar surface area (TPSA) is 102 Å². The molecule has 1 atom stereocenters. The molecule has 0 heterocycles. The van der Waals surface area contributed by atoms with Crippen molar-refractivity contribution in [3.8, 4) is 6.07 Å². The number of rotatable bonds is 11. The molecule has 3 rings (SSSR count). The fourth-order valence-corrected chi connectivity index (χ4v) is 6.12. The molecule has 1 fully saturated rings. The molecule has 2 N–H and O–H groups in total. The number of halogens is 2. The van der Waals surface area contributed by atoms with Crippen molar-refractivity contribution in [2.24, 2.45) is 0 Å². The highest BCUT2D eigenvalue weighted by molar-refractivity contribution is 7.99. The second kappa shape index (κ2) is 12.7. The number of benzene rings is 2. The molecule has 7 nitrogen and oxygen atoms in total. The summed E-state index contributed by atoms with van der Waals surface area (Å²) in [6, 6.07) is 12.1. The minimum absolute atomic E-state index is 0.00900. The van der Waals surface area contributed by atoms with Crippen molar-refractivity contribution in [2.45, 2.75) is 60.0 Å². The summed E-state index contributed by atoms with van der Waals surface area (Å²) >= 11 is 1.54. The number of hydrogen-bond donors (Lipinski definition) is 2. The van der Waals surface area contributed by atoms with Gasteiger partial charge in [0, 0.05) is 16.7 Å². The molecule has 200 valence electrons. The van der Waals surface area contributed by atoms with Gasteiger partial charge in [-0.05, 0) is 95.2 Å². The molecular weight excluding hydrogens is 518 g/mol. The van der Waals surface area contributed by atoms with Crippen molar-refractivity contribution in [1.29, 1.82) is 5.26 Å². The van der Waals surface area contributed by atoms with Gasteiger partial charge < -0.3 is 10.2 Å². The average molecular weight is 551 g/mol. The maximum absolute atomic E-state index is 14.9.